The van der Waals surface area contributed by atoms with E-state index in [-0.39, 0.29) is 11.7 Å². The summed E-state index contributed by atoms with van der Waals surface area (Å²) >= 11 is 3.68. The van der Waals surface area contributed by atoms with E-state index in [2.05, 4.69) is 72.2 Å². The lowest BCUT2D eigenvalue weighted by atomic mass is 9.96. The van der Waals surface area contributed by atoms with Gasteiger partial charge in [0.1, 0.15) is 5.75 Å². The topological polar surface area (TPSA) is 74.8 Å². The van der Waals surface area contributed by atoms with Gasteiger partial charge in [0, 0.05) is 20.6 Å². The third-order valence-electron chi connectivity index (χ3n) is 7.19. The minimum absolute atomic E-state index is 0.202. The zero-order valence-corrected chi connectivity index (χ0v) is 27.1. The lowest BCUT2D eigenvalue weighted by molar-refractivity contribution is -0.143. The quantitative estimate of drug-likeness (QED) is 0.199. The first-order valence-corrected chi connectivity index (χ1v) is 15.2. The molecule has 1 aliphatic heterocycles. The Morgan fingerprint density at radius 2 is 1.78 bits per heavy atom. The highest BCUT2D eigenvalue weighted by Gasteiger charge is 2.33. The molecule has 2 aromatic carbocycles. The van der Waals surface area contributed by atoms with Gasteiger partial charge in [0.15, 0.2) is 4.80 Å². The normalized spacial score (nSPS) is 15.2. The number of thiazole rings is 1. The Kier molecular flexibility index (Phi) is 8.11. The molecule has 5 rings (SSSR count). The zero-order valence-electron chi connectivity index (χ0n) is 24.1. The summed E-state index contributed by atoms with van der Waals surface area (Å²) in [5, 5.41) is 0. The van der Waals surface area contributed by atoms with Crippen molar-refractivity contribution < 1.29 is 14.3 Å². The molecule has 0 N–H and O–H groups in total. The van der Waals surface area contributed by atoms with Gasteiger partial charge in [-0.1, -0.05) is 29.5 Å². The molecule has 212 valence electrons. The van der Waals surface area contributed by atoms with Crippen LogP contribution in [-0.2, 0) is 9.53 Å². The Hall–Kier alpha value is -3.44. The number of hydrogen-bond acceptors (Lipinski definition) is 6. The summed E-state index contributed by atoms with van der Waals surface area (Å²) < 4.78 is 16.5. The van der Waals surface area contributed by atoms with Gasteiger partial charge in [0.05, 0.1) is 35.1 Å². The number of nitrogens with zero attached hydrogens (tertiary/aromatic N) is 3. The van der Waals surface area contributed by atoms with E-state index in [1.807, 2.05) is 30.3 Å². The predicted molar refractivity (Wildman–Crippen MR) is 171 cm³/mol. The Bertz CT molecular complexity index is 1880. The van der Waals surface area contributed by atoms with E-state index in [0.717, 1.165) is 28.2 Å². The fourth-order valence-electron chi connectivity index (χ4n) is 5.15. The molecule has 0 aliphatic carbocycles. The summed E-state index contributed by atoms with van der Waals surface area (Å²) in [6.45, 7) is 11.6. The predicted octanol–water partition coefficient (Wildman–Crippen LogP) is 5.52. The maximum atomic E-state index is 14.1. The van der Waals surface area contributed by atoms with Crippen LogP contribution in [0.2, 0.25) is 0 Å². The van der Waals surface area contributed by atoms with Crippen LogP contribution < -0.4 is 19.6 Å². The van der Waals surface area contributed by atoms with Crippen LogP contribution in [-0.4, -0.2) is 28.3 Å². The van der Waals surface area contributed by atoms with Gasteiger partial charge in [-0.2, -0.15) is 0 Å². The van der Waals surface area contributed by atoms with Crippen molar-refractivity contribution in [2.75, 3.05) is 7.11 Å². The third-order valence-corrected chi connectivity index (χ3v) is 9.33. The number of allylic oxidation sites excluding steroid dienone is 1. The van der Waals surface area contributed by atoms with E-state index < -0.39 is 12.0 Å². The second kappa shape index (κ2) is 11.4. The second-order valence-corrected chi connectivity index (χ2v) is 12.6. The minimum Gasteiger partial charge on any atom is -0.497 e. The highest BCUT2D eigenvalue weighted by atomic mass is 127. The van der Waals surface area contributed by atoms with E-state index in [1.54, 1.807) is 32.4 Å². The number of halogens is 1. The second-order valence-electron chi connectivity index (χ2n) is 10.4. The van der Waals surface area contributed by atoms with Gasteiger partial charge in [0.2, 0.25) is 0 Å². The summed E-state index contributed by atoms with van der Waals surface area (Å²) in [7, 11) is 1.60. The van der Waals surface area contributed by atoms with Gasteiger partial charge in [0.25, 0.3) is 5.56 Å². The molecule has 0 bridgehead atoms. The fraction of sp³-hybridized carbons (Fsp3) is 0.281. The van der Waals surface area contributed by atoms with E-state index in [4.69, 9.17) is 14.5 Å². The summed E-state index contributed by atoms with van der Waals surface area (Å²) in [5.41, 5.74) is 6.85. The third kappa shape index (κ3) is 5.44. The summed E-state index contributed by atoms with van der Waals surface area (Å²) in [6.07, 6.45) is 1.62. The molecule has 9 heteroatoms. The number of benzene rings is 2. The number of aryl methyl sites for hydroxylation is 2. The van der Waals surface area contributed by atoms with Gasteiger partial charge < -0.3 is 14.0 Å². The van der Waals surface area contributed by atoms with Gasteiger partial charge in [-0.15, -0.1) is 0 Å². The lowest BCUT2D eigenvalue weighted by Crippen LogP contribution is -2.40. The van der Waals surface area contributed by atoms with Crippen LogP contribution in [0, 0.1) is 24.3 Å². The molecular formula is C32H32IN3O4S. The number of carbonyl (C=O) groups is 1. The van der Waals surface area contributed by atoms with Crippen molar-refractivity contribution in [2.45, 2.75) is 53.7 Å². The van der Waals surface area contributed by atoms with E-state index in [1.165, 1.54) is 20.5 Å². The van der Waals surface area contributed by atoms with E-state index >= 15 is 0 Å². The maximum absolute atomic E-state index is 14.1. The van der Waals surface area contributed by atoms with Crippen molar-refractivity contribution in [3.63, 3.8) is 0 Å². The average molecular weight is 682 g/mol. The smallest absolute Gasteiger partial charge is 0.338 e. The molecule has 0 amide bonds. The van der Waals surface area contributed by atoms with Crippen LogP contribution in [0.3, 0.4) is 0 Å². The van der Waals surface area contributed by atoms with Crippen LogP contribution in [0.15, 0.2) is 69.6 Å². The Labute approximate surface area is 256 Å². The molecule has 0 spiro atoms. The Morgan fingerprint density at radius 1 is 1.07 bits per heavy atom. The number of esters is 1. The van der Waals surface area contributed by atoms with Crippen LogP contribution in [0.5, 0.6) is 5.75 Å². The van der Waals surface area contributed by atoms with Crippen LogP contribution in [0.25, 0.3) is 11.8 Å². The van der Waals surface area contributed by atoms with Crippen molar-refractivity contribution >= 4 is 46.0 Å². The molecule has 0 radical (unpaired) electrons. The monoisotopic (exact) mass is 681 g/mol. The summed E-state index contributed by atoms with van der Waals surface area (Å²) in [6, 6.07) is 15.2. The molecule has 0 unspecified atom stereocenters. The molecule has 1 aliphatic rings. The minimum atomic E-state index is -0.673. The van der Waals surface area contributed by atoms with Crippen LogP contribution >= 0.6 is 33.9 Å². The molecule has 2 aromatic heterocycles. The number of aromatic nitrogens is 2. The Morgan fingerprint density at radius 3 is 2.41 bits per heavy atom. The maximum Gasteiger partial charge on any atom is 0.338 e. The molecule has 0 fully saturated rings. The Balaban J connectivity index is 1.68. The average Bonchev–Trinajstić information content (AvgIpc) is 3.38. The van der Waals surface area contributed by atoms with Crippen LogP contribution in [0.4, 0.5) is 0 Å². The molecule has 7 nitrogen and oxygen atoms in total. The zero-order chi connectivity index (χ0) is 29.6. The van der Waals surface area contributed by atoms with E-state index in [9.17, 15) is 9.59 Å². The number of ether oxygens (including phenoxy) is 2. The van der Waals surface area contributed by atoms with Crippen molar-refractivity contribution in [3.05, 3.63) is 111 Å². The number of hydrogen-bond donors (Lipinski definition) is 0. The van der Waals surface area contributed by atoms with Gasteiger partial charge >= 0.3 is 5.97 Å². The highest BCUT2D eigenvalue weighted by molar-refractivity contribution is 14.1. The van der Waals surface area contributed by atoms with Crippen molar-refractivity contribution in [2.24, 2.45) is 4.99 Å². The fourth-order valence-corrected chi connectivity index (χ4v) is 6.69. The molecule has 4 aromatic rings. The highest BCUT2D eigenvalue weighted by Crippen LogP contribution is 2.32. The number of fused-ring (bicyclic) bond motifs is 1. The first kappa shape index (κ1) is 29.1. The molecule has 41 heavy (non-hydrogen) atoms. The first-order chi connectivity index (χ1) is 19.5. The SMILES string of the molecule is COc1ccc([C@@H]2C(C(=O)OC(C)C)=C(C)N=c3s/c(=C\c4cc(C)n(-c5ccc(C)c(I)c5)c4C)c(=O)n32)cc1. The lowest BCUT2D eigenvalue weighted by Gasteiger charge is -2.25. The number of methoxy groups -OCH3 is 1. The number of carbonyl (C=O) groups excluding carboxylic acids is 1. The summed E-state index contributed by atoms with van der Waals surface area (Å²) in [4.78, 5) is 32.6. The standard InChI is InChI=1S/C32H32IN3O4S/c1-17(2)40-31(38)28-20(5)34-32-36(29(28)22-9-12-25(39-7)13-10-22)30(37)27(41-32)15-23-14-19(4)35(21(23)6)24-11-8-18(3)26(33)16-24/h8-17,29H,1-7H3/b27-15-/t29-/m1/s1. The van der Waals surface area contributed by atoms with Crippen LogP contribution in [0.1, 0.15) is 54.9 Å². The van der Waals surface area contributed by atoms with Gasteiger partial charge in [-0.05, 0) is 117 Å². The molecule has 3 heterocycles. The summed E-state index contributed by atoms with van der Waals surface area (Å²) in [5.74, 6) is 0.208. The molecular weight excluding hydrogens is 649 g/mol. The van der Waals surface area contributed by atoms with Crippen molar-refractivity contribution in [1.82, 2.24) is 9.13 Å². The van der Waals surface area contributed by atoms with Crippen molar-refractivity contribution in [3.8, 4) is 11.4 Å². The van der Waals surface area contributed by atoms with E-state index in [0.29, 0.717) is 26.4 Å². The molecule has 0 saturated heterocycles. The largest absolute Gasteiger partial charge is 0.497 e. The number of rotatable bonds is 6. The molecule has 1 atom stereocenters. The van der Waals surface area contributed by atoms with Crippen molar-refractivity contribution in [1.29, 1.82) is 0 Å². The van der Waals surface area contributed by atoms with Gasteiger partial charge in [-0.25, -0.2) is 9.79 Å². The van der Waals surface area contributed by atoms with Gasteiger partial charge in [-0.3, -0.25) is 9.36 Å². The molecule has 0 saturated carbocycles. The first-order valence-electron chi connectivity index (χ1n) is 13.3.